The van der Waals surface area contributed by atoms with Crippen LogP contribution in [0.5, 0.6) is 0 Å². The van der Waals surface area contributed by atoms with Crippen molar-refractivity contribution in [3.05, 3.63) is 46.7 Å². The monoisotopic (exact) mass is 436 g/mol. The van der Waals surface area contributed by atoms with Gasteiger partial charge in [-0.3, -0.25) is 4.90 Å². The van der Waals surface area contributed by atoms with Crippen LogP contribution in [0, 0.1) is 0 Å². The lowest BCUT2D eigenvalue weighted by molar-refractivity contribution is -0.0340. The van der Waals surface area contributed by atoms with Gasteiger partial charge in [0.25, 0.3) is 0 Å². The van der Waals surface area contributed by atoms with Crippen LogP contribution in [-0.2, 0) is 4.74 Å². The normalized spacial score (nSPS) is 21.5. The Morgan fingerprint density at radius 2 is 1.77 bits per heavy atom. The van der Waals surface area contributed by atoms with Gasteiger partial charge < -0.3 is 14.7 Å². The minimum absolute atomic E-state index is 0.119. The second kappa shape index (κ2) is 12.7. The average Bonchev–Trinajstić information content (AvgIpc) is 2.75. The van der Waals surface area contributed by atoms with E-state index in [0.29, 0.717) is 0 Å². The quantitative estimate of drug-likeness (QED) is 0.587. The van der Waals surface area contributed by atoms with Crippen LogP contribution in [0.4, 0.5) is 0 Å². The van der Waals surface area contributed by atoms with Gasteiger partial charge in [-0.25, -0.2) is 0 Å². The Morgan fingerprint density at radius 1 is 1.13 bits per heavy atom. The molecule has 1 N–H and O–H groups in total. The van der Waals surface area contributed by atoms with E-state index in [1.165, 1.54) is 17.6 Å². The molecule has 0 aromatic heterocycles. The number of hydrogen-bond donors (Lipinski definition) is 1. The van der Waals surface area contributed by atoms with Crippen molar-refractivity contribution >= 4 is 11.6 Å². The highest BCUT2D eigenvalue weighted by atomic mass is 35.5. The molecule has 1 aromatic carbocycles. The van der Waals surface area contributed by atoms with Gasteiger partial charge in [-0.05, 0) is 43.0 Å². The van der Waals surface area contributed by atoms with Gasteiger partial charge >= 0.3 is 0 Å². The number of aliphatic hydroxyl groups is 1. The number of methoxy groups -OCH3 is 1. The van der Waals surface area contributed by atoms with Crippen molar-refractivity contribution in [1.82, 2.24) is 9.80 Å². The molecule has 2 aliphatic rings. The lowest BCUT2D eigenvalue weighted by atomic mass is 9.72. The summed E-state index contributed by atoms with van der Waals surface area (Å²) >= 11 is 6.29. The Kier molecular flexibility index (Phi) is 10.7. The molecule has 0 amide bonds. The fourth-order valence-electron chi connectivity index (χ4n) is 4.80. The van der Waals surface area contributed by atoms with E-state index in [1.807, 2.05) is 38.3 Å². The molecular formula is C25H41ClN2O2. The summed E-state index contributed by atoms with van der Waals surface area (Å²) in [6, 6.07) is 8.12. The van der Waals surface area contributed by atoms with E-state index in [1.54, 1.807) is 7.11 Å². The first-order valence-electron chi connectivity index (χ1n) is 11.6. The van der Waals surface area contributed by atoms with Crippen LogP contribution in [-0.4, -0.2) is 66.9 Å². The minimum atomic E-state index is -0.613. The summed E-state index contributed by atoms with van der Waals surface area (Å²) < 4.78 is 5.12. The summed E-state index contributed by atoms with van der Waals surface area (Å²) in [7, 11) is 1.70. The zero-order valence-electron chi connectivity index (χ0n) is 19.4. The Morgan fingerprint density at radius 3 is 2.37 bits per heavy atom. The van der Waals surface area contributed by atoms with E-state index in [9.17, 15) is 5.11 Å². The average molecular weight is 437 g/mol. The topological polar surface area (TPSA) is 35.9 Å². The Balaban J connectivity index is 0.00000155. The molecule has 1 aromatic rings. The maximum absolute atomic E-state index is 11.5. The highest BCUT2D eigenvalue weighted by Crippen LogP contribution is 2.41. The van der Waals surface area contributed by atoms with Gasteiger partial charge in [-0.2, -0.15) is 0 Å². The molecule has 5 heteroatoms. The zero-order valence-corrected chi connectivity index (χ0v) is 20.1. The number of nitrogens with zero attached hydrogens (tertiary/aromatic N) is 2. The van der Waals surface area contributed by atoms with Crippen molar-refractivity contribution < 1.29 is 9.84 Å². The Hall–Kier alpha value is -1.07. The molecule has 1 atom stereocenters. The molecule has 1 aliphatic carbocycles. The number of piperazine rings is 1. The van der Waals surface area contributed by atoms with Gasteiger partial charge in [0.15, 0.2) is 0 Å². The van der Waals surface area contributed by atoms with E-state index >= 15 is 0 Å². The molecule has 0 spiro atoms. The van der Waals surface area contributed by atoms with Crippen molar-refractivity contribution in [2.45, 2.75) is 64.4 Å². The number of rotatable bonds is 7. The molecule has 1 heterocycles. The van der Waals surface area contributed by atoms with Crippen LogP contribution in [0.2, 0.25) is 5.02 Å². The number of halogens is 1. The van der Waals surface area contributed by atoms with E-state index < -0.39 is 5.60 Å². The molecule has 0 bridgehead atoms. The van der Waals surface area contributed by atoms with E-state index in [2.05, 4.69) is 22.8 Å². The number of ether oxygens (including phenoxy) is 1. The molecule has 30 heavy (non-hydrogen) atoms. The van der Waals surface area contributed by atoms with Gasteiger partial charge in [-0.15, -0.1) is 0 Å². The minimum Gasteiger partial charge on any atom is -0.504 e. The molecule has 1 saturated carbocycles. The Bertz CT molecular complexity index is 650. The standard InChI is InChI=1S/C23H35ClN2O2.C2H6/c1-19(18-28-2)16-25-11-13-26(14-12-25)17-22(20-7-6-8-21(24)15-20)23(27)9-4-3-5-10-23;1-2/h6-8,15,18,22,27H,3-5,9-14,16-17H2,1-2H3;1-2H3/b19-18+;. The van der Waals surface area contributed by atoms with Crippen LogP contribution >= 0.6 is 11.6 Å². The fourth-order valence-corrected chi connectivity index (χ4v) is 5.00. The third kappa shape index (κ3) is 7.26. The molecule has 1 unspecified atom stereocenters. The zero-order chi connectivity index (χ0) is 22.0. The van der Waals surface area contributed by atoms with Gasteiger partial charge in [0.05, 0.1) is 19.0 Å². The smallest absolute Gasteiger partial charge is 0.0826 e. The summed E-state index contributed by atoms with van der Waals surface area (Å²) in [6.45, 7) is 12.1. The summed E-state index contributed by atoms with van der Waals surface area (Å²) in [4.78, 5) is 5.00. The fraction of sp³-hybridized carbons (Fsp3) is 0.680. The van der Waals surface area contributed by atoms with Crippen molar-refractivity contribution in [1.29, 1.82) is 0 Å². The Labute approximate surface area is 188 Å². The van der Waals surface area contributed by atoms with E-state index in [-0.39, 0.29) is 5.92 Å². The van der Waals surface area contributed by atoms with Gasteiger partial charge in [0.2, 0.25) is 0 Å². The van der Waals surface area contributed by atoms with Gasteiger partial charge in [-0.1, -0.05) is 56.8 Å². The van der Waals surface area contributed by atoms with E-state index in [4.69, 9.17) is 16.3 Å². The van der Waals surface area contributed by atoms with Gasteiger partial charge in [0, 0.05) is 50.2 Å². The number of benzene rings is 1. The predicted molar refractivity (Wildman–Crippen MR) is 127 cm³/mol. The highest BCUT2D eigenvalue weighted by Gasteiger charge is 2.40. The molecule has 0 radical (unpaired) electrons. The van der Waals surface area contributed by atoms with E-state index in [0.717, 1.165) is 70.0 Å². The number of hydrogen-bond acceptors (Lipinski definition) is 4. The van der Waals surface area contributed by atoms with Crippen molar-refractivity contribution in [2.24, 2.45) is 0 Å². The highest BCUT2D eigenvalue weighted by molar-refractivity contribution is 6.30. The molecule has 3 rings (SSSR count). The first-order valence-corrected chi connectivity index (χ1v) is 12.0. The lowest BCUT2D eigenvalue weighted by Gasteiger charge is -2.43. The van der Waals surface area contributed by atoms with Crippen LogP contribution in [0.15, 0.2) is 36.1 Å². The first-order chi connectivity index (χ1) is 14.5. The summed E-state index contributed by atoms with van der Waals surface area (Å²) in [5.41, 5.74) is 1.82. The lowest BCUT2D eigenvalue weighted by Crippen LogP contribution is -2.51. The van der Waals surface area contributed by atoms with Crippen LogP contribution in [0.3, 0.4) is 0 Å². The van der Waals surface area contributed by atoms with Gasteiger partial charge in [0.1, 0.15) is 0 Å². The molecule has 4 nitrogen and oxygen atoms in total. The molecule has 1 saturated heterocycles. The summed E-state index contributed by atoms with van der Waals surface area (Å²) in [6.07, 6.45) is 7.09. The van der Waals surface area contributed by atoms with Crippen LogP contribution in [0.1, 0.15) is 64.4 Å². The van der Waals surface area contributed by atoms with Crippen LogP contribution < -0.4 is 0 Å². The molecule has 2 fully saturated rings. The predicted octanol–water partition coefficient (Wildman–Crippen LogP) is 5.31. The third-order valence-corrected chi connectivity index (χ3v) is 6.55. The van der Waals surface area contributed by atoms with Crippen LogP contribution in [0.25, 0.3) is 0 Å². The second-order valence-electron chi connectivity index (χ2n) is 8.55. The SMILES string of the molecule is CC.CO/C=C(\C)CN1CCN(CC(c2cccc(Cl)c2)C2(O)CCCCC2)CC1. The molecule has 1 aliphatic heterocycles. The molecule has 170 valence electrons. The second-order valence-corrected chi connectivity index (χ2v) is 8.98. The summed E-state index contributed by atoms with van der Waals surface area (Å²) in [5.74, 6) is 0.119. The maximum atomic E-state index is 11.5. The summed E-state index contributed by atoms with van der Waals surface area (Å²) in [5, 5.41) is 12.3. The van der Waals surface area contributed by atoms with Crippen molar-refractivity contribution in [2.75, 3.05) is 46.4 Å². The van der Waals surface area contributed by atoms with Crippen molar-refractivity contribution in [3.8, 4) is 0 Å². The molecular weight excluding hydrogens is 396 g/mol. The van der Waals surface area contributed by atoms with Crippen molar-refractivity contribution in [3.63, 3.8) is 0 Å². The third-order valence-electron chi connectivity index (χ3n) is 6.32. The largest absolute Gasteiger partial charge is 0.504 e. The maximum Gasteiger partial charge on any atom is 0.0826 e. The first kappa shape index (κ1) is 25.2.